The van der Waals surface area contributed by atoms with Crippen LogP contribution < -0.4 is 0 Å². The molecule has 0 saturated carbocycles. The van der Waals surface area contributed by atoms with Crippen LogP contribution in [-0.4, -0.2) is 81.3 Å². The summed E-state index contributed by atoms with van der Waals surface area (Å²) in [5.74, 6) is -4.45. The van der Waals surface area contributed by atoms with Gasteiger partial charge in [-0.1, -0.05) is 5.21 Å². The Bertz CT molecular complexity index is 1330. The Morgan fingerprint density at radius 1 is 1.03 bits per heavy atom. The van der Waals surface area contributed by atoms with E-state index in [0.29, 0.717) is 17.1 Å². The predicted molar refractivity (Wildman–Crippen MR) is 135 cm³/mol. The molecular formula is C25H30F3N5O5S. The van der Waals surface area contributed by atoms with Gasteiger partial charge in [0.05, 0.1) is 46.4 Å². The Morgan fingerprint density at radius 2 is 1.64 bits per heavy atom. The van der Waals surface area contributed by atoms with Gasteiger partial charge in [-0.15, -0.1) is 16.9 Å². The Hall–Kier alpha value is -2.62. The van der Waals surface area contributed by atoms with Gasteiger partial charge in [0.1, 0.15) is 35.5 Å². The van der Waals surface area contributed by atoms with Crippen LogP contribution in [0.25, 0.3) is 11.3 Å². The van der Waals surface area contributed by atoms with Crippen LogP contribution in [0.15, 0.2) is 18.3 Å². The van der Waals surface area contributed by atoms with Crippen molar-refractivity contribution in [2.45, 2.75) is 75.3 Å². The average Bonchev–Trinajstić information content (AvgIpc) is 3.33. The first-order valence-electron chi connectivity index (χ1n) is 12.1. The molecule has 0 bridgehead atoms. The van der Waals surface area contributed by atoms with Crippen LogP contribution in [-0.2, 0) is 4.74 Å². The number of halogens is 3. The summed E-state index contributed by atoms with van der Waals surface area (Å²) in [4.78, 5) is 9.13. The molecule has 3 aromatic rings. The Labute approximate surface area is 226 Å². The van der Waals surface area contributed by atoms with E-state index in [2.05, 4.69) is 20.3 Å². The number of aliphatic hydroxyl groups excluding tert-OH is 3. The summed E-state index contributed by atoms with van der Waals surface area (Å²) in [6, 6.07) is 0.290. The lowest BCUT2D eigenvalue weighted by Crippen LogP contribution is -2.55. The second-order valence-electron chi connectivity index (χ2n) is 10.1. The highest BCUT2D eigenvalue weighted by atomic mass is 32.2. The molecule has 0 amide bonds. The molecule has 14 heteroatoms. The normalized spacial score (nSPS) is 24.7. The highest BCUT2D eigenvalue weighted by molar-refractivity contribution is 8.00. The quantitative estimate of drug-likeness (QED) is 0.313. The van der Waals surface area contributed by atoms with Gasteiger partial charge in [-0.25, -0.2) is 17.9 Å². The summed E-state index contributed by atoms with van der Waals surface area (Å²) in [6.07, 6.45) is -2.83. The minimum atomic E-state index is -1.63. The molecule has 3 heterocycles. The highest BCUT2D eigenvalue weighted by Crippen LogP contribution is 2.46. The van der Waals surface area contributed by atoms with Crippen LogP contribution >= 0.6 is 11.8 Å². The van der Waals surface area contributed by atoms with Crippen molar-refractivity contribution >= 4 is 11.8 Å². The van der Waals surface area contributed by atoms with Crippen molar-refractivity contribution in [2.75, 3.05) is 6.61 Å². The van der Waals surface area contributed by atoms with Crippen molar-refractivity contribution in [3.8, 4) is 11.3 Å². The maximum absolute atomic E-state index is 13.8. The van der Waals surface area contributed by atoms with Gasteiger partial charge < -0.3 is 25.2 Å². The standard InChI is InChI=1S/C25H30F3N5O5S/c1-10-11(2)30-19(12(3)29-10)23(25(4,5)37)39-24-22(36)20(21(35)17(9-34)38-24)33-8-16(31-32-33)13-6-14(26)18(28)15(27)7-13/h6-8,17,20-24,34-37H,9H2,1-5H3/t17-,20+,21+,22-,23-,24+/m1/s1. The second kappa shape index (κ2) is 11.1. The zero-order valence-electron chi connectivity index (χ0n) is 21.9. The van der Waals surface area contributed by atoms with Crippen molar-refractivity contribution in [2.24, 2.45) is 0 Å². The zero-order valence-corrected chi connectivity index (χ0v) is 22.7. The Morgan fingerprint density at radius 3 is 2.23 bits per heavy atom. The van der Waals surface area contributed by atoms with E-state index < -0.39 is 64.7 Å². The van der Waals surface area contributed by atoms with Gasteiger partial charge in [-0.3, -0.25) is 9.97 Å². The van der Waals surface area contributed by atoms with E-state index in [1.54, 1.807) is 27.7 Å². The topological polar surface area (TPSA) is 147 Å². The van der Waals surface area contributed by atoms with Crippen LogP contribution in [0.1, 0.15) is 47.9 Å². The number of rotatable bonds is 7. The third-order valence-corrected chi connectivity index (χ3v) is 8.35. The first-order valence-corrected chi connectivity index (χ1v) is 13.1. The highest BCUT2D eigenvalue weighted by Gasteiger charge is 2.48. The monoisotopic (exact) mass is 569 g/mol. The zero-order chi connectivity index (χ0) is 28.8. The molecule has 1 aliphatic rings. The number of aliphatic hydroxyl groups is 4. The van der Waals surface area contributed by atoms with Gasteiger partial charge in [0.15, 0.2) is 17.5 Å². The van der Waals surface area contributed by atoms with Gasteiger partial charge in [0, 0.05) is 5.56 Å². The van der Waals surface area contributed by atoms with Gasteiger partial charge in [-0.2, -0.15) is 0 Å². The van der Waals surface area contributed by atoms with Gasteiger partial charge in [0.25, 0.3) is 0 Å². The van der Waals surface area contributed by atoms with Gasteiger partial charge in [0.2, 0.25) is 0 Å². The number of aromatic nitrogens is 5. The Kier molecular flexibility index (Phi) is 8.36. The van der Waals surface area contributed by atoms with Crippen molar-refractivity contribution in [3.63, 3.8) is 0 Å². The molecule has 0 spiro atoms. The molecule has 39 heavy (non-hydrogen) atoms. The average molecular weight is 570 g/mol. The molecule has 212 valence electrons. The summed E-state index contributed by atoms with van der Waals surface area (Å²) >= 11 is 1.04. The number of hydrogen-bond donors (Lipinski definition) is 4. The summed E-state index contributed by atoms with van der Waals surface area (Å²) in [7, 11) is 0. The largest absolute Gasteiger partial charge is 0.394 e. The molecule has 4 rings (SSSR count). The van der Waals surface area contributed by atoms with Crippen molar-refractivity contribution in [1.82, 2.24) is 25.0 Å². The fourth-order valence-electron chi connectivity index (χ4n) is 4.43. The molecule has 4 N–H and O–H groups in total. The number of benzene rings is 1. The first-order chi connectivity index (χ1) is 18.2. The summed E-state index contributed by atoms with van der Waals surface area (Å²) < 4.78 is 47.9. The van der Waals surface area contributed by atoms with Gasteiger partial charge in [-0.05, 0) is 46.8 Å². The molecular weight excluding hydrogens is 539 g/mol. The summed E-state index contributed by atoms with van der Waals surface area (Å²) in [5.41, 5.74) is -0.133. The molecule has 1 saturated heterocycles. The molecule has 2 aromatic heterocycles. The van der Waals surface area contributed by atoms with E-state index in [1.807, 2.05) is 6.92 Å². The SMILES string of the molecule is Cc1nc(C)c([C@@H](S[C@@H]2O[C@H](CO)[C@H](O)[C@H](n3cc(-c4cc(F)c(F)c(F)c4)nn3)[C@H]2O)C(C)(C)O)nc1C. The van der Waals surface area contributed by atoms with E-state index in [4.69, 9.17) is 4.74 Å². The minimum absolute atomic E-state index is 0.0427. The second-order valence-corrected chi connectivity index (χ2v) is 11.3. The molecule has 1 aromatic carbocycles. The van der Waals surface area contributed by atoms with Crippen LogP contribution in [0.3, 0.4) is 0 Å². The van der Waals surface area contributed by atoms with Crippen molar-refractivity contribution in [1.29, 1.82) is 0 Å². The molecule has 1 fully saturated rings. The third-order valence-electron chi connectivity index (χ3n) is 6.62. The molecule has 0 radical (unpaired) electrons. The van der Waals surface area contributed by atoms with Crippen molar-refractivity contribution in [3.05, 3.63) is 58.6 Å². The number of nitrogens with zero attached hydrogens (tertiary/aromatic N) is 5. The summed E-state index contributed by atoms with van der Waals surface area (Å²) in [6.45, 7) is 7.92. The first kappa shape index (κ1) is 29.4. The van der Waals surface area contributed by atoms with Crippen LogP contribution in [0.5, 0.6) is 0 Å². The number of aryl methyl sites for hydroxylation is 3. The lowest BCUT2D eigenvalue weighted by Gasteiger charge is -2.43. The van der Waals surface area contributed by atoms with E-state index in [-0.39, 0.29) is 11.3 Å². The number of thioether (sulfide) groups is 1. The predicted octanol–water partition coefficient (Wildman–Crippen LogP) is 2.30. The Balaban J connectivity index is 1.69. The smallest absolute Gasteiger partial charge is 0.194 e. The molecule has 10 nitrogen and oxygen atoms in total. The fourth-order valence-corrected chi connectivity index (χ4v) is 5.91. The lowest BCUT2D eigenvalue weighted by molar-refractivity contribution is -0.179. The van der Waals surface area contributed by atoms with E-state index in [0.717, 1.165) is 34.3 Å². The minimum Gasteiger partial charge on any atom is -0.394 e. The van der Waals surface area contributed by atoms with E-state index in [9.17, 15) is 33.6 Å². The number of hydrogen-bond acceptors (Lipinski definition) is 10. The number of ether oxygens (including phenoxy) is 1. The van der Waals surface area contributed by atoms with Crippen LogP contribution in [0, 0.1) is 38.2 Å². The van der Waals surface area contributed by atoms with Crippen LogP contribution in [0.4, 0.5) is 13.2 Å². The summed E-state index contributed by atoms with van der Waals surface area (Å²) in [5, 5.41) is 50.2. The van der Waals surface area contributed by atoms with Crippen LogP contribution in [0.2, 0.25) is 0 Å². The molecule has 6 atom stereocenters. The van der Waals surface area contributed by atoms with E-state index >= 15 is 0 Å². The third kappa shape index (κ3) is 5.81. The van der Waals surface area contributed by atoms with E-state index in [1.165, 1.54) is 6.20 Å². The molecule has 1 aliphatic heterocycles. The maximum Gasteiger partial charge on any atom is 0.194 e. The van der Waals surface area contributed by atoms with Crippen molar-refractivity contribution < 1.29 is 38.3 Å². The fraction of sp³-hybridized carbons (Fsp3) is 0.520. The lowest BCUT2D eigenvalue weighted by atomic mass is 9.97. The molecule has 0 aliphatic carbocycles. The van der Waals surface area contributed by atoms with Gasteiger partial charge >= 0.3 is 0 Å². The molecule has 0 unspecified atom stereocenters. The maximum atomic E-state index is 13.8.